The average Bonchev–Trinajstić information content (AvgIpc) is 2.30. The highest BCUT2D eigenvalue weighted by molar-refractivity contribution is 9.10. The topological polar surface area (TPSA) is 26.0 Å². The van der Waals surface area contributed by atoms with Crippen molar-refractivity contribution in [2.24, 2.45) is 23.5 Å². The SMILES string of the molecule is CC1CC(C)CC(C(N)c2cccc(F)c2Br)C1. The Balaban J connectivity index is 2.20. The lowest BCUT2D eigenvalue weighted by molar-refractivity contribution is 0.193. The number of halogens is 2. The van der Waals surface area contributed by atoms with Crippen molar-refractivity contribution in [3.05, 3.63) is 34.1 Å². The summed E-state index contributed by atoms with van der Waals surface area (Å²) in [5, 5.41) is 0. The van der Waals surface area contributed by atoms with Gasteiger partial charge in [-0.2, -0.15) is 0 Å². The summed E-state index contributed by atoms with van der Waals surface area (Å²) in [6, 6.07) is 5.07. The molecule has 0 bridgehead atoms. The summed E-state index contributed by atoms with van der Waals surface area (Å²) in [4.78, 5) is 0. The van der Waals surface area contributed by atoms with Crippen LogP contribution in [-0.2, 0) is 0 Å². The Morgan fingerprint density at radius 1 is 1.22 bits per heavy atom. The molecule has 100 valence electrons. The fourth-order valence-corrected chi connectivity index (χ4v) is 3.86. The van der Waals surface area contributed by atoms with Gasteiger partial charge in [0.2, 0.25) is 0 Å². The maximum Gasteiger partial charge on any atom is 0.137 e. The van der Waals surface area contributed by atoms with E-state index in [0.717, 1.165) is 30.2 Å². The van der Waals surface area contributed by atoms with Crippen molar-refractivity contribution in [2.45, 2.75) is 39.2 Å². The van der Waals surface area contributed by atoms with Crippen molar-refractivity contribution < 1.29 is 4.39 Å². The zero-order valence-corrected chi connectivity index (χ0v) is 12.6. The molecule has 0 aromatic heterocycles. The molecule has 1 aromatic carbocycles. The van der Waals surface area contributed by atoms with Crippen molar-refractivity contribution in [3.63, 3.8) is 0 Å². The maximum absolute atomic E-state index is 13.6. The summed E-state index contributed by atoms with van der Waals surface area (Å²) in [6.45, 7) is 4.58. The lowest BCUT2D eigenvalue weighted by Gasteiger charge is -2.35. The van der Waals surface area contributed by atoms with Gasteiger partial charge >= 0.3 is 0 Å². The molecule has 3 atom stereocenters. The Morgan fingerprint density at radius 2 is 1.83 bits per heavy atom. The van der Waals surface area contributed by atoms with E-state index in [-0.39, 0.29) is 11.9 Å². The Labute approximate surface area is 117 Å². The van der Waals surface area contributed by atoms with Crippen LogP contribution < -0.4 is 5.73 Å². The summed E-state index contributed by atoms with van der Waals surface area (Å²) in [5.41, 5.74) is 7.27. The highest BCUT2D eigenvalue weighted by atomic mass is 79.9. The van der Waals surface area contributed by atoms with E-state index in [9.17, 15) is 4.39 Å². The molecule has 2 N–H and O–H groups in total. The minimum atomic E-state index is -0.222. The highest BCUT2D eigenvalue weighted by Gasteiger charge is 2.30. The third kappa shape index (κ3) is 2.94. The van der Waals surface area contributed by atoms with Crippen LogP contribution in [0.2, 0.25) is 0 Å². The van der Waals surface area contributed by atoms with Crippen LogP contribution in [0, 0.1) is 23.6 Å². The molecule has 1 nitrogen and oxygen atoms in total. The first-order chi connectivity index (χ1) is 8.49. The predicted molar refractivity (Wildman–Crippen MR) is 76.7 cm³/mol. The lowest BCUT2D eigenvalue weighted by atomic mass is 9.72. The molecule has 3 unspecified atom stereocenters. The van der Waals surface area contributed by atoms with Gasteiger partial charge in [-0.3, -0.25) is 0 Å². The van der Waals surface area contributed by atoms with Crippen LogP contribution in [-0.4, -0.2) is 0 Å². The minimum Gasteiger partial charge on any atom is -0.324 e. The highest BCUT2D eigenvalue weighted by Crippen LogP contribution is 2.40. The normalized spacial score (nSPS) is 30.2. The van der Waals surface area contributed by atoms with Gasteiger partial charge in [0.15, 0.2) is 0 Å². The quantitative estimate of drug-likeness (QED) is 0.844. The maximum atomic E-state index is 13.6. The third-order valence-electron chi connectivity index (χ3n) is 4.06. The van der Waals surface area contributed by atoms with Crippen molar-refractivity contribution in [3.8, 4) is 0 Å². The summed E-state index contributed by atoms with van der Waals surface area (Å²) in [6.07, 6.45) is 3.58. The first-order valence-electron chi connectivity index (χ1n) is 6.68. The van der Waals surface area contributed by atoms with Gasteiger partial charge in [-0.15, -0.1) is 0 Å². The average molecular weight is 314 g/mol. The Hall–Kier alpha value is -0.410. The Bertz CT molecular complexity index is 411. The second kappa shape index (κ2) is 5.70. The molecule has 2 rings (SSSR count). The number of hydrogen-bond donors (Lipinski definition) is 1. The molecule has 0 spiro atoms. The molecule has 0 heterocycles. The Kier molecular flexibility index (Phi) is 4.44. The van der Waals surface area contributed by atoms with E-state index in [1.54, 1.807) is 6.07 Å². The van der Waals surface area contributed by atoms with E-state index in [2.05, 4.69) is 29.8 Å². The van der Waals surface area contributed by atoms with Gasteiger partial charge in [0.1, 0.15) is 5.82 Å². The molecular formula is C15H21BrFN. The van der Waals surface area contributed by atoms with E-state index in [4.69, 9.17) is 5.73 Å². The second-order valence-corrected chi connectivity index (χ2v) is 6.64. The Morgan fingerprint density at radius 3 is 2.44 bits per heavy atom. The van der Waals surface area contributed by atoms with Crippen LogP contribution in [0.3, 0.4) is 0 Å². The predicted octanol–water partition coefficient (Wildman–Crippen LogP) is 4.66. The number of benzene rings is 1. The van der Waals surface area contributed by atoms with Gasteiger partial charge in [-0.05, 0) is 64.6 Å². The standard InChI is InChI=1S/C15H21BrFN/c1-9-6-10(2)8-11(7-9)15(18)12-4-3-5-13(17)14(12)16/h3-5,9-11,15H,6-8,18H2,1-2H3. The van der Waals surface area contributed by atoms with Crippen molar-refractivity contribution in [2.75, 3.05) is 0 Å². The summed E-state index contributed by atoms with van der Waals surface area (Å²) < 4.78 is 14.1. The van der Waals surface area contributed by atoms with Crippen LogP contribution in [0.25, 0.3) is 0 Å². The van der Waals surface area contributed by atoms with Crippen LogP contribution in [0.1, 0.15) is 44.7 Å². The lowest BCUT2D eigenvalue weighted by Crippen LogP contribution is -2.29. The molecule has 0 radical (unpaired) electrons. The molecule has 18 heavy (non-hydrogen) atoms. The zero-order chi connectivity index (χ0) is 13.3. The first-order valence-corrected chi connectivity index (χ1v) is 7.47. The van der Waals surface area contributed by atoms with Crippen molar-refractivity contribution >= 4 is 15.9 Å². The monoisotopic (exact) mass is 313 g/mol. The molecule has 1 saturated carbocycles. The van der Waals surface area contributed by atoms with Crippen molar-refractivity contribution in [1.29, 1.82) is 0 Å². The summed E-state index contributed by atoms with van der Waals surface area (Å²) in [5.74, 6) is 1.68. The molecule has 1 aliphatic carbocycles. The van der Waals surface area contributed by atoms with Crippen LogP contribution in [0.15, 0.2) is 22.7 Å². The molecule has 3 heteroatoms. The molecule has 1 aromatic rings. The van der Waals surface area contributed by atoms with E-state index in [1.165, 1.54) is 12.5 Å². The van der Waals surface area contributed by atoms with Crippen LogP contribution in [0.5, 0.6) is 0 Å². The van der Waals surface area contributed by atoms with Gasteiger partial charge in [0.25, 0.3) is 0 Å². The molecule has 0 saturated heterocycles. The second-order valence-electron chi connectivity index (χ2n) is 5.85. The van der Waals surface area contributed by atoms with Crippen molar-refractivity contribution in [1.82, 2.24) is 0 Å². The van der Waals surface area contributed by atoms with Gasteiger partial charge in [0, 0.05) is 6.04 Å². The summed E-state index contributed by atoms with van der Waals surface area (Å²) in [7, 11) is 0. The largest absolute Gasteiger partial charge is 0.324 e. The van der Waals surface area contributed by atoms with Gasteiger partial charge in [0.05, 0.1) is 4.47 Å². The molecule has 1 aliphatic rings. The minimum absolute atomic E-state index is 0.0692. The van der Waals surface area contributed by atoms with Crippen LogP contribution >= 0.6 is 15.9 Å². The number of hydrogen-bond acceptors (Lipinski definition) is 1. The number of rotatable bonds is 2. The number of nitrogens with two attached hydrogens (primary N) is 1. The fourth-order valence-electron chi connectivity index (χ4n) is 3.33. The van der Waals surface area contributed by atoms with Crippen LogP contribution in [0.4, 0.5) is 4.39 Å². The zero-order valence-electron chi connectivity index (χ0n) is 11.0. The van der Waals surface area contributed by atoms with Gasteiger partial charge in [-0.1, -0.05) is 26.0 Å². The van der Waals surface area contributed by atoms with E-state index < -0.39 is 0 Å². The van der Waals surface area contributed by atoms with Gasteiger partial charge < -0.3 is 5.73 Å². The summed E-state index contributed by atoms with van der Waals surface area (Å²) >= 11 is 3.32. The fraction of sp³-hybridized carbons (Fsp3) is 0.600. The van der Waals surface area contributed by atoms with E-state index in [0.29, 0.717) is 10.4 Å². The van der Waals surface area contributed by atoms with E-state index >= 15 is 0 Å². The molecule has 1 fully saturated rings. The van der Waals surface area contributed by atoms with Gasteiger partial charge in [-0.25, -0.2) is 4.39 Å². The molecule has 0 aliphatic heterocycles. The molecule has 0 amide bonds. The first kappa shape index (κ1) is 14.0. The smallest absolute Gasteiger partial charge is 0.137 e. The third-order valence-corrected chi connectivity index (χ3v) is 4.90. The van der Waals surface area contributed by atoms with E-state index in [1.807, 2.05) is 6.07 Å². The molecular weight excluding hydrogens is 293 g/mol.